The first-order valence-electron chi connectivity index (χ1n) is 9.31. The van der Waals surface area contributed by atoms with E-state index in [0.717, 1.165) is 5.56 Å². The van der Waals surface area contributed by atoms with Gasteiger partial charge in [0.25, 0.3) is 0 Å². The van der Waals surface area contributed by atoms with Crippen LogP contribution >= 0.6 is 0 Å². The molecule has 0 fully saturated rings. The molecule has 0 aliphatic rings. The van der Waals surface area contributed by atoms with Crippen LogP contribution in [0.2, 0.25) is 0 Å². The maximum absolute atomic E-state index is 12.7. The van der Waals surface area contributed by atoms with Crippen LogP contribution in [0.4, 0.5) is 5.69 Å². The summed E-state index contributed by atoms with van der Waals surface area (Å²) >= 11 is 0. The Hall–Kier alpha value is -3.93. The van der Waals surface area contributed by atoms with Gasteiger partial charge in [-0.15, -0.1) is 0 Å². The van der Waals surface area contributed by atoms with Gasteiger partial charge < -0.3 is 14.7 Å². The van der Waals surface area contributed by atoms with Crippen molar-refractivity contribution >= 4 is 23.4 Å². The molecule has 1 N–H and O–H groups in total. The van der Waals surface area contributed by atoms with E-state index in [9.17, 15) is 19.5 Å². The summed E-state index contributed by atoms with van der Waals surface area (Å²) in [7, 11) is 1.30. The highest BCUT2D eigenvalue weighted by molar-refractivity contribution is 6.09. The van der Waals surface area contributed by atoms with Gasteiger partial charge in [-0.3, -0.25) is 9.59 Å². The first kappa shape index (κ1) is 20.8. The van der Waals surface area contributed by atoms with E-state index in [2.05, 4.69) is 0 Å². The Bertz CT molecular complexity index is 1040. The second-order valence-corrected chi connectivity index (χ2v) is 6.68. The van der Waals surface area contributed by atoms with Crippen molar-refractivity contribution in [1.29, 1.82) is 0 Å². The lowest BCUT2D eigenvalue weighted by Crippen LogP contribution is -2.29. The molecule has 30 heavy (non-hydrogen) atoms. The highest BCUT2D eigenvalue weighted by Crippen LogP contribution is 2.20. The second-order valence-electron chi connectivity index (χ2n) is 6.68. The molecule has 3 aromatic carbocycles. The molecule has 0 bridgehead atoms. The Labute approximate surface area is 174 Å². The number of aliphatic carboxylic acids is 1. The van der Waals surface area contributed by atoms with Crippen molar-refractivity contribution in [1.82, 2.24) is 0 Å². The number of methoxy groups -OCH3 is 1. The number of rotatable bonds is 8. The van der Waals surface area contributed by atoms with E-state index in [1.165, 1.54) is 7.11 Å². The van der Waals surface area contributed by atoms with E-state index < -0.39 is 11.9 Å². The van der Waals surface area contributed by atoms with Crippen LogP contribution in [0.1, 0.15) is 31.8 Å². The summed E-state index contributed by atoms with van der Waals surface area (Å²) < 4.78 is 4.69. The van der Waals surface area contributed by atoms with E-state index in [1.807, 2.05) is 24.3 Å². The van der Waals surface area contributed by atoms with Gasteiger partial charge in [-0.1, -0.05) is 48.5 Å². The fraction of sp³-hybridized carbons (Fsp3) is 0.125. The molecule has 6 nitrogen and oxygen atoms in total. The van der Waals surface area contributed by atoms with Crippen LogP contribution < -0.4 is 4.90 Å². The van der Waals surface area contributed by atoms with Gasteiger partial charge in [0.1, 0.15) is 6.54 Å². The van der Waals surface area contributed by atoms with Crippen LogP contribution in [0.3, 0.4) is 0 Å². The minimum Gasteiger partial charge on any atom is -0.480 e. The van der Waals surface area contributed by atoms with E-state index in [1.54, 1.807) is 59.5 Å². The number of nitrogens with zero attached hydrogens (tertiary/aromatic N) is 1. The van der Waals surface area contributed by atoms with Gasteiger partial charge in [-0.05, 0) is 35.9 Å². The Morgan fingerprint density at radius 3 is 2.13 bits per heavy atom. The smallest absolute Gasteiger partial charge is 0.337 e. The molecule has 0 atom stereocenters. The monoisotopic (exact) mass is 403 g/mol. The van der Waals surface area contributed by atoms with Crippen molar-refractivity contribution in [2.45, 2.75) is 6.54 Å². The number of carboxylic acid groups (broad SMARTS) is 1. The van der Waals surface area contributed by atoms with Crippen LogP contribution in [0.25, 0.3) is 0 Å². The third-order valence-electron chi connectivity index (χ3n) is 4.58. The molecule has 0 saturated carbocycles. The summed E-state index contributed by atoms with van der Waals surface area (Å²) in [5.41, 5.74) is 2.96. The predicted molar refractivity (Wildman–Crippen MR) is 113 cm³/mol. The van der Waals surface area contributed by atoms with Crippen LogP contribution in [0.5, 0.6) is 0 Å². The van der Waals surface area contributed by atoms with Crippen LogP contribution in [-0.2, 0) is 16.1 Å². The SMILES string of the molecule is COC(=O)c1ccc(N(CC(=O)O)Cc2cccc(C(=O)c3ccccc3)c2)cc1. The van der Waals surface area contributed by atoms with Crippen molar-refractivity contribution in [3.63, 3.8) is 0 Å². The molecule has 0 saturated heterocycles. The summed E-state index contributed by atoms with van der Waals surface area (Å²) in [6.07, 6.45) is 0. The standard InChI is InChI=1S/C24H21NO5/c1-30-24(29)19-10-12-21(13-11-19)25(16-22(26)27)15-17-6-5-9-20(14-17)23(28)18-7-3-2-4-8-18/h2-14H,15-16H2,1H3,(H,26,27). The largest absolute Gasteiger partial charge is 0.480 e. The predicted octanol–water partition coefficient (Wildman–Crippen LogP) is 3.80. The van der Waals surface area contributed by atoms with Gasteiger partial charge in [0, 0.05) is 23.4 Å². The van der Waals surface area contributed by atoms with Gasteiger partial charge >= 0.3 is 11.9 Å². The van der Waals surface area contributed by atoms with E-state index in [0.29, 0.717) is 28.9 Å². The fourth-order valence-electron chi connectivity index (χ4n) is 3.12. The molecule has 0 aliphatic heterocycles. The van der Waals surface area contributed by atoms with Crippen LogP contribution in [0, 0.1) is 0 Å². The first-order chi connectivity index (χ1) is 14.5. The number of esters is 1. The minimum absolute atomic E-state index is 0.0929. The molecule has 0 aromatic heterocycles. The molecule has 0 heterocycles. The lowest BCUT2D eigenvalue weighted by molar-refractivity contribution is -0.135. The second kappa shape index (κ2) is 9.52. The van der Waals surface area contributed by atoms with Crippen molar-refractivity contribution in [3.05, 3.63) is 101 Å². The summed E-state index contributed by atoms with van der Waals surface area (Å²) in [6.45, 7) is 0.0637. The molecule has 6 heteroatoms. The summed E-state index contributed by atoms with van der Waals surface area (Å²) in [5, 5.41) is 9.33. The number of hydrogen-bond acceptors (Lipinski definition) is 5. The summed E-state index contributed by atoms with van der Waals surface area (Å²) in [4.78, 5) is 37.4. The normalized spacial score (nSPS) is 10.3. The van der Waals surface area contributed by atoms with Crippen LogP contribution in [-0.4, -0.2) is 36.5 Å². The average Bonchev–Trinajstić information content (AvgIpc) is 2.78. The van der Waals surface area contributed by atoms with E-state index >= 15 is 0 Å². The number of carbonyl (C=O) groups is 3. The molecular formula is C24H21NO5. The Morgan fingerprint density at radius 2 is 1.50 bits per heavy atom. The Kier molecular flexibility index (Phi) is 6.60. The molecule has 0 unspecified atom stereocenters. The number of benzene rings is 3. The van der Waals surface area contributed by atoms with Gasteiger partial charge in [-0.25, -0.2) is 4.79 Å². The summed E-state index contributed by atoms with van der Waals surface area (Å²) in [5.74, 6) is -1.54. The van der Waals surface area contributed by atoms with E-state index in [4.69, 9.17) is 4.74 Å². The first-order valence-corrected chi connectivity index (χ1v) is 9.31. The lowest BCUT2D eigenvalue weighted by atomic mass is 10.0. The van der Waals surface area contributed by atoms with Gasteiger partial charge in [0.05, 0.1) is 12.7 Å². The van der Waals surface area contributed by atoms with Crippen molar-refractivity contribution in [3.8, 4) is 0 Å². The highest BCUT2D eigenvalue weighted by atomic mass is 16.5. The van der Waals surface area contributed by atoms with Crippen molar-refractivity contribution in [2.75, 3.05) is 18.6 Å². The zero-order valence-corrected chi connectivity index (χ0v) is 16.4. The quantitative estimate of drug-likeness (QED) is 0.455. The number of ketones is 1. The number of carbonyl (C=O) groups excluding carboxylic acids is 2. The van der Waals surface area contributed by atoms with Gasteiger partial charge in [0.2, 0.25) is 0 Å². The molecule has 0 aliphatic carbocycles. The van der Waals surface area contributed by atoms with Gasteiger partial charge in [0.15, 0.2) is 5.78 Å². The zero-order chi connectivity index (χ0) is 21.5. The molecule has 3 rings (SSSR count). The highest BCUT2D eigenvalue weighted by Gasteiger charge is 2.15. The summed E-state index contributed by atoms with van der Waals surface area (Å²) in [6, 6.07) is 22.7. The van der Waals surface area contributed by atoms with Crippen LogP contribution in [0.15, 0.2) is 78.9 Å². The number of hydrogen-bond donors (Lipinski definition) is 1. The number of carboxylic acids is 1. The maximum atomic E-state index is 12.7. The molecule has 0 radical (unpaired) electrons. The lowest BCUT2D eigenvalue weighted by Gasteiger charge is -2.23. The Balaban J connectivity index is 1.84. The number of ether oxygens (including phenoxy) is 1. The van der Waals surface area contributed by atoms with E-state index in [-0.39, 0.29) is 12.3 Å². The van der Waals surface area contributed by atoms with Gasteiger partial charge in [-0.2, -0.15) is 0 Å². The molecule has 0 spiro atoms. The third kappa shape index (κ3) is 5.11. The molecule has 0 amide bonds. The Morgan fingerprint density at radius 1 is 0.833 bits per heavy atom. The van der Waals surface area contributed by atoms with Crippen molar-refractivity contribution < 1.29 is 24.2 Å². The fourth-order valence-corrected chi connectivity index (χ4v) is 3.12. The minimum atomic E-state index is -0.983. The molecule has 3 aromatic rings. The molecular weight excluding hydrogens is 382 g/mol. The zero-order valence-electron chi connectivity index (χ0n) is 16.4. The maximum Gasteiger partial charge on any atom is 0.337 e. The molecule has 152 valence electrons. The topological polar surface area (TPSA) is 83.9 Å². The number of anilines is 1. The average molecular weight is 403 g/mol. The third-order valence-corrected chi connectivity index (χ3v) is 4.58. The van der Waals surface area contributed by atoms with Crippen molar-refractivity contribution in [2.24, 2.45) is 0 Å².